The van der Waals surface area contributed by atoms with Gasteiger partial charge in [0.15, 0.2) is 0 Å². The summed E-state index contributed by atoms with van der Waals surface area (Å²) < 4.78 is 11.3. The van der Waals surface area contributed by atoms with E-state index in [2.05, 4.69) is 23.8 Å². The van der Waals surface area contributed by atoms with Gasteiger partial charge in [-0.2, -0.15) is 0 Å². The Kier molecular flexibility index (Phi) is 13.3. The van der Waals surface area contributed by atoms with Crippen LogP contribution in [0.3, 0.4) is 0 Å². The summed E-state index contributed by atoms with van der Waals surface area (Å²) in [5.74, 6) is -0.799. The van der Waals surface area contributed by atoms with Crippen LogP contribution in [0.1, 0.15) is 62.5 Å². The number of carbonyl (C=O) groups excluding carboxylic acids is 3. The second-order valence-corrected chi connectivity index (χ2v) is 11.0. The fourth-order valence-corrected chi connectivity index (χ4v) is 5.13. The topological polar surface area (TPSA) is 114 Å². The average Bonchev–Trinajstić information content (AvgIpc) is 3.47. The highest BCUT2D eigenvalue weighted by Crippen LogP contribution is 2.31. The molecule has 8 nitrogen and oxygen atoms in total. The molecule has 0 bridgehead atoms. The van der Waals surface area contributed by atoms with Crippen LogP contribution in [-0.2, 0) is 32.1 Å². The van der Waals surface area contributed by atoms with Gasteiger partial charge in [0.05, 0.1) is 24.1 Å². The lowest BCUT2D eigenvalue weighted by Crippen LogP contribution is -2.52. The number of hydrogen-bond donors (Lipinski definition) is 3. The Hall–Kier alpha value is -3.91. The van der Waals surface area contributed by atoms with Crippen LogP contribution in [-0.4, -0.2) is 47.7 Å². The van der Waals surface area contributed by atoms with Gasteiger partial charge in [-0.3, -0.25) is 14.4 Å². The summed E-state index contributed by atoms with van der Waals surface area (Å²) in [5.41, 5.74) is 1.39. The highest BCUT2D eigenvalue weighted by atomic mass is 16.5. The van der Waals surface area contributed by atoms with E-state index in [4.69, 9.17) is 9.47 Å². The maximum absolute atomic E-state index is 13.3. The van der Waals surface area contributed by atoms with Gasteiger partial charge in [0, 0.05) is 12.8 Å². The van der Waals surface area contributed by atoms with Gasteiger partial charge in [-0.15, -0.1) is 13.2 Å². The zero-order chi connectivity index (χ0) is 30.2. The Morgan fingerprint density at radius 2 is 1.69 bits per heavy atom. The SMILES string of the molecule is C=CCCC(=O)OCC1(NC(=O)[C@H](CC=C)CC(=O)N[C@H](CO)Cc2ccc(OCc3ccccc3)cc2)CCCC1. The first-order valence-corrected chi connectivity index (χ1v) is 14.7. The van der Waals surface area contributed by atoms with E-state index in [0.29, 0.717) is 38.7 Å². The first-order valence-electron chi connectivity index (χ1n) is 14.7. The minimum absolute atomic E-state index is 0.0458. The number of benzene rings is 2. The number of allylic oxidation sites excluding steroid dienone is 2. The molecular weight excluding hydrogens is 532 g/mol. The summed E-state index contributed by atoms with van der Waals surface area (Å²) in [6, 6.07) is 17.0. The van der Waals surface area contributed by atoms with Gasteiger partial charge in [0.1, 0.15) is 19.0 Å². The Labute approximate surface area is 249 Å². The molecule has 2 atom stereocenters. The van der Waals surface area contributed by atoms with Gasteiger partial charge < -0.3 is 25.2 Å². The molecule has 1 aliphatic rings. The average molecular weight is 577 g/mol. The second kappa shape index (κ2) is 17.1. The van der Waals surface area contributed by atoms with Crippen LogP contribution in [0.2, 0.25) is 0 Å². The summed E-state index contributed by atoms with van der Waals surface area (Å²) in [6.45, 7) is 7.73. The van der Waals surface area contributed by atoms with E-state index in [-0.39, 0.29) is 43.8 Å². The molecule has 3 N–H and O–H groups in total. The number of ether oxygens (including phenoxy) is 2. The Bertz CT molecular complexity index is 1160. The molecule has 0 radical (unpaired) electrons. The number of aliphatic hydroxyl groups is 1. The molecule has 226 valence electrons. The summed E-state index contributed by atoms with van der Waals surface area (Å²) >= 11 is 0. The fraction of sp³-hybridized carbons (Fsp3) is 0.441. The minimum Gasteiger partial charge on any atom is -0.489 e. The Morgan fingerprint density at radius 1 is 0.976 bits per heavy atom. The zero-order valence-electron chi connectivity index (χ0n) is 24.4. The molecule has 0 spiro atoms. The molecule has 0 unspecified atom stereocenters. The monoisotopic (exact) mass is 576 g/mol. The van der Waals surface area contributed by atoms with E-state index >= 15 is 0 Å². The number of esters is 1. The lowest BCUT2D eigenvalue weighted by Gasteiger charge is -2.31. The lowest BCUT2D eigenvalue weighted by molar-refractivity contribution is -0.147. The highest BCUT2D eigenvalue weighted by Gasteiger charge is 2.38. The Morgan fingerprint density at radius 3 is 2.33 bits per heavy atom. The van der Waals surface area contributed by atoms with E-state index in [9.17, 15) is 19.5 Å². The van der Waals surface area contributed by atoms with Crippen LogP contribution in [0, 0.1) is 5.92 Å². The fourth-order valence-electron chi connectivity index (χ4n) is 5.13. The van der Waals surface area contributed by atoms with Gasteiger partial charge in [-0.05, 0) is 55.4 Å². The van der Waals surface area contributed by atoms with Crippen molar-refractivity contribution < 1.29 is 29.0 Å². The molecule has 2 aromatic carbocycles. The first-order chi connectivity index (χ1) is 20.4. The maximum atomic E-state index is 13.3. The molecule has 0 aliphatic heterocycles. The third kappa shape index (κ3) is 10.8. The van der Waals surface area contributed by atoms with Crippen molar-refractivity contribution in [1.82, 2.24) is 10.6 Å². The van der Waals surface area contributed by atoms with Crippen molar-refractivity contribution in [3.8, 4) is 5.75 Å². The van der Waals surface area contributed by atoms with Crippen molar-refractivity contribution in [2.75, 3.05) is 13.2 Å². The van der Waals surface area contributed by atoms with Gasteiger partial charge >= 0.3 is 5.97 Å². The van der Waals surface area contributed by atoms with Gasteiger partial charge in [0.25, 0.3) is 0 Å². The molecule has 2 amide bonds. The molecular formula is C34H44N2O6. The van der Waals surface area contributed by atoms with Crippen LogP contribution in [0.4, 0.5) is 0 Å². The predicted octanol–water partition coefficient (Wildman–Crippen LogP) is 4.81. The quantitative estimate of drug-likeness (QED) is 0.173. The number of carbonyl (C=O) groups is 3. The van der Waals surface area contributed by atoms with Crippen molar-refractivity contribution >= 4 is 17.8 Å². The predicted molar refractivity (Wildman–Crippen MR) is 163 cm³/mol. The largest absolute Gasteiger partial charge is 0.489 e. The number of rotatable bonds is 18. The normalized spacial score (nSPS) is 15.2. The molecule has 3 rings (SSSR count). The number of amides is 2. The second-order valence-electron chi connectivity index (χ2n) is 11.0. The van der Waals surface area contributed by atoms with Crippen LogP contribution < -0.4 is 15.4 Å². The summed E-state index contributed by atoms with van der Waals surface area (Å²) in [5, 5.41) is 15.9. The van der Waals surface area contributed by atoms with Crippen molar-refractivity contribution in [1.29, 1.82) is 0 Å². The molecule has 0 heterocycles. The van der Waals surface area contributed by atoms with E-state index in [0.717, 1.165) is 29.7 Å². The lowest BCUT2D eigenvalue weighted by atomic mass is 9.94. The van der Waals surface area contributed by atoms with Crippen molar-refractivity contribution in [2.45, 2.75) is 76.0 Å². The molecule has 8 heteroatoms. The minimum atomic E-state index is -0.628. The number of aliphatic hydroxyl groups excluding tert-OH is 1. The van der Waals surface area contributed by atoms with E-state index in [1.54, 1.807) is 12.2 Å². The van der Waals surface area contributed by atoms with Crippen LogP contribution in [0.5, 0.6) is 5.75 Å². The third-order valence-corrected chi connectivity index (χ3v) is 7.50. The first kappa shape index (κ1) is 32.6. The van der Waals surface area contributed by atoms with E-state index < -0.39 is 17.5 Å². The molecule has 1 aliphatic carbocycles. The standard InChI is InChI=1S/C34H44N2O6/c1-3-5-14-32(39)42-25-34(19-9-10-20-34)36-33(40)28(11-4-2)22-31(38)35-29(23-37)21-26-15-17-30(18-16-26)41-24-27-12-7-6-8-13-27/h3-4,6-8,12-13,15-18,28-29,37H,1-2,5,9-11,14,19-25H2,(H,35,38)(H,36,40)/t28-,29+/m1/s1. The molecule has 0 aromatic heterocycles. The number of nitrogens with one attached hydrogen (secondary N) is 2. The third-order valence-electron chi connectivity index (χ3n) is 7.50. The number of hydrogen-bond acceptors (Lipinski definition) is 6. The highest BCUT2D eigenvalue weighted by molar-refractivity contribution is 5.86. The summed E-state index contributed by atoms with van der Waals surface area (Å²) in [6.07, 6.45) is 8.07. The van der Waals surface area contributed by atoms with Crippen molar-refractivity contribution in [2.24, 2.45) is 5.92 Å². The summed E-state index contributed by atoms with van der Waals surface area (Å²) in [4.78, 5) is 38.3. The Balaban J connectivity index is 1.51. The maximum Gasteiger partial charge on any atom is 0.306 e. The van der Waals surface area contributed by atoms with Gasteiger partial charge in [0.2, 0.25) is 11.8 Å². The van der Waals surface area contributed by atoms with Crippen molar-refractivity contribution in [3.63, 3.8) is 0 Å². The smallest absolute Gasteiger partial charge is 0.306 e. The molecule has 0 saturated heterocycles. The van der Waals surface area contributed by atoms with Gasteiger partial charge in [-0.25, -0.2) is 0 Å². The molecule has 2 aromatic rings. The van der Waals surface area contributed by atoms with Gasteiger partial charge in [-0.1, -0.05) is 67.5 Å². The van der Waals surface area contributed by atoms with Crippen molar-refractivity contribution in [3.05, 3.63) is 91.0 Å². The van der Waals surface area contributed by atoms with Crippen LogP contribution >= 0.6 is 0 Å². The van der Waals surface area contributed by atoms with E-state index in [1.807, 2.05) is 54.6 Å². The molecule has 1 saturated carbocycles. The van der Waals surface area contributed by atoms with E-state index in [1.165, 1.54) is 0 Å². The van der Waals surface area contributed by atoms with Crippen LogP contribution in [0.25, 0.3) is 0 Å². The molecule has 42 heavy (non-hydrogen) atoms. The van der Waals surface area contributed by atoms with Crippen LogP contribution in [0.15, 0.2) is 79.9 Å². The zero-order valence-corrected chi connectivity index (χ0v) is 24.4. The summed E-state index contributed by atoms with van der Waals surface area (Å²) in [7, 11) is 0. The molecule has 1 fully saturated rings.